The molecule has 0 bridgehead atoms. The van der Waals surface area contributed by atoms with Gasteiger partial charge in [-0.2, -0.15) is 11.8 Å². The Balaban J connectivity index is 2.67. The summed E-state index contributed by atoms with van der Waals surface area (Å²) in [7, 11) is 3.63. The fourth-order valence-corrected chi connectivity index (χ4v) is 1.87. The molecule has 0 aliphatic carbocycles. The maximum Gasteiger partial charge on any atom is 0.158 e. The Bertz CT molecular complexity index is 348. The summed E-state index contributed by atoms with van der Waals surface area (Å²) < 4.78 is 5.01. The summed E-state index contributed by atoms with van der Waals surface area (Å²) in [5.41, 5.74) is 5.74. The van der Waals surface area contributed by atoms with E-state index in [1.165, 1.54) is 0 Å². The Hall–Kier alpha value is -1.01. The highest BCUT2D eigenvalue weighted by atomic mass is 32.2. The van der Waals surface area contributed by atoms with E-state index in [4.69, 9.17) is 10.5 Å². The molecule has 0 saturated carbocycles. The molecule has 1 aromatic rings. The predicted octanol–water partition coefficient (Wildman–Crippen LogP) is 1.39. The molecule has 0 amide bonds. The molecule has 1 aromatic heterocycles. The monoisotopic (exact) mass is 256 g/mol. The Morgan fingerprint density at radius 2 is 2.24 bits per heavy atom. The second kappa shape index (κ2) is 7.34. The van der Waals surface area contributed by atoms with Crippen LogP contribution >= 0.6 is 11.8 Å². The van der Waals surface area contributed by atoms with Crippen molar-refractivity contribution >= 4 is 23.4 Å². The van der Waals surface area contributed by atoms with Crippen molar-refractivity contribution in [3.8, 4) is 0 Å². The zero-order chi connectivity index (χ0) is 12.7. The zero-order valence-corrected chi connectivity index (χ0v) is 11.5. The maximum atomic E-state index is 5.74. The average Bonchev–Trinajstić information content (AvgIpc) is 2.29. The number of hydrogen-bond donors (Lipinski definition) is 1. The molecule has 0 unspecified atom stereocenters. The summed E-state index contributed by atoms with van der Waals surface area (Å²) in [5.74, 6) is 3.11. The van der Waals surface area contributed by atoms with Crippen molar-refractivity contribution in [3.63, 3.8) is 0 Å². The molecule has 6 heteroatoms. The molecule has 1 rings (SSSR count). The molecule has 0 aromatic carbocycles. The van der Waals surface area contributed by atoms with Gasteiger partial charge in [0.05, 0.1) is 0 Å². The van der Waals surface area contributed by atoms with Crippen LogP contribution in [0.5, 0.6) is 0 Å². The van der Waals surface area contributed by atoms with Crippen LogP contribution < -0.4 is 10.6 Å². The van der Waals surface area contributed by atoms with Crippen LogP contribution in [0.2, 0.25) is 0 Å². The predicted molar refractivity (Wildman–Crippen MR) is 73.4 cm³/mol. The summed E-state index contributed by atoms with van der Waals surface area (Å²) >= 11 is 1.85. The molecule has 0 saturated heterocycles. The highest BCUT2D eigenvalue weighted by molar-refractivity contribution is 7.98. The normalized spacial score (nSPS) is 10.5. The number of rotatable bonds is 7. The molecule has 0 radical (unpaired) electrons. The van der Waals surface area contributed by atoms with E-state index in [-0.39, 0.29) is 0 Å². The highest BCUT2D eigenvalue weighted by Gasteiger charge is 2.06. The highest BCUT2D eigenvalue weighted by Crippen LogP contribution is 2.13. The lowest BCUT2D eigenvalue weighted by molar-refractivity contribution is 0.178. The van der Waals surface area contributed by atoms with Crippen molar-refractivity contribution in [2.75, 3.05) is 43.3 Å². The smallest absolute Gasteiger partial charge is 0.158 e. The van der Waals surface area contributed by atoms with E-state index in [0.29, 0.717) is 18.2 Å². The third-order valence-corrected chi connectivity index (χ3v) is 2.98. The van der Waals surface area contributed by atoms with Crippen molar-refractivity contribution in [2.24, 2.45) is 0 Å². The van der Waals surface area contributed by atoms with Crippen molar-refractivity contribution < 1.29 is 4.74 Å². The first-order valence-electron chi connectivity index (χ1n) is 5.49. The van der Waals surface area contributed by atoms with E-state index >= 15 is 0 Å². The van der Waals surface area contributed by atoms with Crippen molar-refractivity contribution in [2.45, 2.75) is 13.0 Å². The van der Waals surface area contributed by atoms with Crippen LogP contribution in [0.1, 0.15) is 12.2 Å². The molecule has 96 valence electrons. The van der Waals surface area contributed by atoms with Gasteiger partial charge in [-0.3, -0.25) is 0 Å². The quantitative estimate of drug-likeness (QED) is 0.744. The largest absolute Gasteiger partial charge is 0.384 e. The number of nitrogens with zero attached hydrogens (tertiary/aromatic N) is 3. The maximum absolute atomic E-state index is 5.74. The van der Waals surface area contributed by atoms with Gasteiger partial charge in [-0.15, -0.1) is 0 Å². The van der Waals surface area contributed by atoms with Crippen molar-refractivity contribution in [1.82, 2.24) is 9.97 Å². The van der Waals surface area contributed by atoms with Gasteiger partial charge >= 0.3 is 0 Å². The van der Waals surface area contributed by atoms with Gasteiger partial charge in [0.2, 0.25) is 0 Å². The van der Waals surface area contributed by atoms with Gasteiger partial charge in [0.15, 0.2) is 5.82 Å². The number of thioether (sulfide) groups is 1. The van der Waals surface area contributed by atoms with Gasteiger partial charge in [-0.25, -0.2) is 9.97 Å². The van der Waals surface area contributed by atoms with Crippen LogP contribution in [0.4, 0.5) is 11.6 Å². The standard InChI is InChI=1S/C11H20N4OS/c1-15(5-4-6-17-3)11-7-9(12)13-10(14-11)8-16-2/h7H,4-6,8H2,1-3H3,(H2,12,13,14). The number of hydrogen-bond acceptors (Lipinski definition) is 6. The Morgan fingerprint density at radius 3 is 2.88 bits per heavy atom. The van der Waals surface area contributed by atoms with Crippen LogP contribution in [0.15, 0.2) is 6.07 Å². The first-order chi connectivity index (χ1) is 8.17. The van der Waals surface area contributed by atoms with Gasteiger partial charge < -0.3 is 15.4 Å². The van der Waals surface area contributed by atoms with E-state index in [0.717, 1.165) is 24.5 Å². The molecule has 0 aliphatic rings. The summed E-state index contributed by atoms with van der Waals surface area (Å²) in [4.78, 5) is 10.6. The first-order valence-corrected chi connectivity index (χ1v) is 6.89. The minimum atomic E-state index is 0.386. The second-order valence-electron chi connectivity index (χ2n) is 3.77. The van der Waals surface area contributed by atoms with Gasteiger partial charge in [-0.05, 0) is 18.4 Å². The summed E-state index contributed by atoms with van der Waals surface area (Å²) in [6.45, 7) is 1.35. The molecule has 0 fully saturated rings. The summed E-state index contributed by atoms with van der Waals surface area (Å²) in [6, 6.07) is 1.79. The van der Waals surface area contributed by atoms with Gasteiger partial charge in [0.1, 0.15) is 18.2 Å². The van der Waals surface area contributed by atoms with Gasteiger partial charge in [0, 0.05) is 26.8 Å². The zero-order valence-electron chi connectivity index (χ0n) is 10.6. The van der Waals surface area contributed by atoms with E-state index < -0.39 is 0 Å². The summed E-state index contributed by atoms with van der Waals surface area (Å²) in [5, 5.41) is 0. The number of nitrogen functional groups attached to an aromatic ring is 1. The van der Waals surface area contributed by atoms with Crippen molar-refractivity contribution in [3.05, 3.63) is 11.9 Å². The molecule has 0 spiro atoms. The molecular weight excluding hydrogens is 236 g/mol. The fourth-order valence-electron chi connectivity index (χ4n) is 1.45. The van der Waals surface area contributed by atoms with Crippen molar-refractivity contribution in [1.29, 1.82) is 0 Å². The van der Waals surface area contributed by atoms with E-state index in [1.54, 1.807) is 13.2 Å². The lowest BCUT2D eigenvalue weighted by atomic mass is 10.4. The van der Waals surface area contributed by atoms with Crippen LogP contribution in [0.3, 0.4) is 0 Å². The number of aromatic nitrogens is 2. The molecule has 17 heavy (non-hydrogen) atoms. The average molecular weight is 256 g/mol. The van der Waals surface area contributed by atoms with E-state index in [1.807, 2.05) is 18.8 Å². The molecule has 0 atom stereocenters. The molecule has 2 N–H and O–H groups in total. The Morgan fingerprint density at radius 1 is 1.47 bits per heavy atom. The van der Waals surface area contributed by atoms with Crippen LogP contribution in [0.25, 0.3) is 0 Å². The SMILES string of the molecule is COCc1nc(N)cc(N(C)CCCSC)n1. The molecular formula is C11H20N4OS. The lowest BCUT2D eigenvalue weighted by Gasteiger charge is -2.18. The number of nitrogens with two attached hydrogens (primary N) is 1. The minimum Gasteiger partial charge on any atom is -0.384 e. The number of methoxy groups -OCH3 is 1. The van der Waals surface area contributed by atoms with Crippen LogP contribution in [0, 0.1) is 0 Å². The summed E-state index contributed by atoms with van der Waals surface area (Å²) in [6.07, 6.45) is 3.24. The second-order valence-corrected chi connectivity index (χ2v) is 4.75. The van der Waals surface area contributed by atoms with E-state index in [2.05, 4.69) is 21.1 Å². The Labute approximate surface area is 107 Å². The molecule has 1 heterocycles. The van der Waals surface area contributed by atoms with Gasteiger partial charge in [-0.1, -0.05) is 0 Å². The van der Waals surface area contributed by atoms with Crippen LogP contribution in [-0.2, 0) is 11.3 Å². The number of ether oxygens (including phenoxy) is 1. The topological polar surface area (TPSA) is 64.3 Å². The number of anilines is 2. The lowest BCUT2D eigenvalue weighted by Crippen LogP contribution is -2.21. The van der Waals surface area contributed by atoms with Crippen LogP contribution in [-0.4, -0.2) is 42.7 Å². The first kappa shape index (κ1) is 14.1. The third kappa shape index (κ3) is 4.79. The molecule has 5 nitrogen and oxygen atoms in total. The van der Waals surface area contributed by atoms with E-state index in [9.17, 15) is 0 Å². The van der Waals surface area contributed by atoms with Gasteiger partial charge in [0.25, 0.3) is 0 Å². The minimum absolute atomic E-state index is 0.386. The third-order valence-electron chi connectivity index (χ3n) is 2.29. The fraction of sp³-hybridized carbons (Fsp3) is 0.636. The Kier molecular flexibility index (Phi) is 6.07. The molecule has 0 aliphatic heterocycles.